The molecule has 0 saturated carbocycles. The maximum atomic E-state index is 13.8. The monoisotopic (exact) mass is 309 g/mol. The summed E-state index contributed by atoms with van der Waals surface area (Å²) in [4.78, 5) is 8.42. The molecule has 8 heteroatoms. The molecule has 21 heavy (non-hydrogen) atoms. The summed E-state index contributed by atoms with van der Waals surface area (Å²) in [7, 11) is 0. The highest BCUT2D eigenvalue weighted by molar-refractivity contribution is 7.98. The number of nitrogens with zero attached hydrogens (tertiary/aromatic N) is 2. The van der Waals surface area contributed by atoms with Gasteiger partial charge in [-0.15, -0.1) is 0 Å². The van der Waals surface area contributed by atoms with E-state index in [4.69, 9.17) is 10.6 Å². The van der Waals surface area contributed by atoms with Crippen LogP contribution in [0.4, 0.5) is 21.7 Å². The lowest BCUT2D eigenvalue weighted by atomic mass is 10.3. The molecule has 1 heterocycles. The summed E-state index contributed by atoms with van der Waals surface area (Å²) in [6, 6.07) is 6.26. The fourth-order valence-corrected chi connectivity index (χ4v) is 2.03. The van der Waals surface area contributed by atoms with Crippen LogP contribution in [-0.2, 0) is 0 Å². The zero-order valence-corrected chi connectivity index (χ0v) is 12.5. The fraction of sp³-hybridized carbons (Fsp3) is 0.231. The van der Waals surface area contributed by atoms with Gasteiger partial charge in [0.05, 0.1) is 6.61 Å². The van der Waals surface area contributed by atoms with Crippen molar-refractivity contribution in [3.63, 3.8) is 0 Å². The molecule has 0 aliphatic carbocycles. The van der Waals surface area contributed by atoms with Crippen molar-refractivity contribution >= 4 is 29.1 Å². The van der Waals surface area contributed by atoms with Crippen molar-refractivity contribution in [1.29, 1.82) is 0 Å². The number of hydrogen-bond donors (Lipinski definition) is 3. The molecule has 0 bridgehead atoms. The average Bonchev–Trinajstić information content (AvgIpc) is 2.49. The molecule has 0 spiro atoms. The molecule has 0 aliphatic rings. The molecule has 0 saturated heterocycles. The molecular formula is C13H16FN5OS. The number of hydrazine groups is 1. The first-order valence-corrected chi connectivity index (χ1v) is 7.47. The summed E-state index contributed by atoms with van der Waals surface area (Å²) >= 11 is 1.38. The molecule has 0 fully saturated rings. The number of ether oxygens (including phenoxy) is 1. The van der Waals surface area contributed by atoms with Crippen LogP contribution in [0.3, 0.4) is 0 Å². The molecule has 0 aliphatic heterocycles. The van der Waals surface area contributed by atoms with Gasteiger partial charge in [-0.1, -0.05) is 11.8 Å². The predicted octanol–water partition coefficient (Wildman–Crippen LogP) is 2.77. The SMILES string of the molecule is CCOc1ccc(Nc2cc(NN)nc(SC)n2)cc1F. The molecule has 1 aromatic carbocycles. The van der Waals surface area contributed by atoms with Crippen LogP contribution in [0.15, 0.2) is 29.4 Å². The van der Waals surface area contributed by atoms with Crippen LogP contribution in [0, 0.1) is 5.82 Å². The Hall–Kier alpha value is -2.06. The van der Waals surface area contributed by atoms with Gasteiger partial charge in [0, 0.05) is 17.8 Å². The van der Waals surface area contributed by atoms with Gasteiger partial charge in [-0.3, -0.25) is 0 Å². The molecular weight excluding hydrogens is 293 g/mol. The van der Waals surface area contributed by atoms with Gasteiger partial charge < -0.3 is 15.5 Å². The Morgan fingerprint density at radius 1 is 1.29 bits per heavy atom. The first-order chi connectivity index (χ1) is 10.2. The second-order valence-corrected chi connectivity index (χ2v) is 4.75. The first kappa shape index (κ1) is 15.3. The zero-order chi connectivity index (χ0) is 15.2. The number of thioether (sulfide) groups is 1. The van der Waals surface area contributed by atoms with E-state index in [1.807, 2.05) is 6.26 Å². The summed E-state index contributed by atoms with van der Waals surface area (Å²) in [6.45, 7) is 2.22. The Balaban J connectivity index is 2.23. The van der Waals surface area contributed by atoms with Gasteiger partial charge in [0.15, 0.2) is 16.7 Å². The Morgan fingerprint density at radius 3 is 2.67 bits per heavy atom. The van der Waals surface area contributed by atoms with Crippen LogP contribution in [-0.4, -0.2) is 22.8 Å². The quantitative estimate of drug-likeness (QED) is 0.327. The van der Waals surface area contributed by atoms with Gasteiger partial charge in [0.25, 0.3) is 0 Å². The van der Waals surface area contributed by atoms with E-state index in [0.29, 0.717) is 29.1 Å². The molecule has 112 valence electrons. The molecule has 4 N–H and O–H groups in total. The maximum Gasteiger partial charge on any atom is 0.191 e. The van der Waals surface area contributed by atoms with E-state index in [9.17, 15) is 4.39 Å². The molecule has 0 atom stereocenters. The number of rotatable bonds is 6. The van der Waals surface area contributed by atoms with Crippen LogP contribution >= 0.6 is 11.8 Å². The Labute approximate surface area is 126 Å². The highest BCUT2D eigenvalue weighted by Gasteiger charge is 2.07. The Kier molecular flexibility index (Phi) is 5.18. The minimum atomic E-state index is -0.432. The first-order valence-electron chi connectivity index (χ1n) is 6.25. The van der Waals surface area contributed by atoms with E-state index in [1.54, 1.807) is 25.1 Å². The van der Waals surface area contributed by atoms with E-state index in [2.05, 4.69) is 20.7 Å². The third-order valence-electron chi connectivity index (χ3n) is 2.54. The van der Waals surface area contributed by atoms with Crippen molar-refractivity contribution in [3.05, 3.63) is 30.1 Å². The second-order valence-electron chi connectivity index (χ2n) is 3.97. The van der Waals surface area contributed by atoms with Crippen molar-refractivity contribution in [3.8, 4) is 5.75 Å². The van der Waals surface area contributed by atoms with Crippen LogP contribution in [0.5, 0.6) is 5.75 Å². The summed E-state index contributed by atoms with van der Waals surface area (Å²) < 4.78 is 19.0. The van der Waals surface area contributed by atoms with E-state index >= 15 is 0 Å². The number of anilines is 3. The number of benzene rings is 1. The lowest BCUT2D eigenvalue weighted by Crippen LogP contribution is -2.10. The van der Waals surface area contributed by atoms with Gasteiger partial charge in [-0.2, -0.15) is 0 Å². The molecule has 0 radical (unpaired) electrons. The predicted molar refractivity (Wildman–Crippen MR) is 82.5 cm³/mol. The molecule has 2 rings (SSSR count). The largest absolute Gasteiger partial charge is 0.491 e. The number of halogens is 1. The van der Waals surface area contributed by atoms with E-state index < -0.39 is 5.82 Å². The minimum Gasteiger partial charge on any atom is -0.491 e. The van der Waals surface area contributed by atoms with Crippen LogP contribution in [0.2, 0.25) is 0 Å². The summed E-state index contributed by atoms with van der Waals surface area (Å²) in [5.74, 6) is 6.14. The summed E-state index contributed by atoms with van der Waals surface area (Å²) in [5.41, 5.74) is 3.03. The minimum absolute atomic E-state index is 0.222. The maximum absolute atomic E-state index is 13.8. The van der Waals surface area contributed by atoms with Gasteiger partial charge >= 0.3 is 0 Å². The molecule has 0 unspecified atom stereocenters. The van der Waals surface area contributed by atoms with Crippen molar-refractivity contribution in [2.45, 2.75) is 12.1 Å². The molecule has 2 aromatic rings. The molecule has 6 nitrogen and oxygen atoms in total. The zero-order valence-electron chi connectivity index (χ0n) is 11.7. The number of nitrogens with one attached hydrogen (secondary N) is 2. The number of nitrogen functional groups attached to an aromatic ring is 1. The highest BCUT2D eigenvalue weighted by Crippen LogP contribution is 2.24. The fourth-order valence-electron chi connectivity index (χ4n) is 1.65. The lowest BCUT2D eigenvalue weighted by molar-refractivity contribution is 0.321. The number of nitrogens with two attached hydrogens (primary N) is 1. The van der Waals surface area contributed by atoms with Gasteiger partial charge in [-0.25, -0.2) is 20.2 Å². The third kappa shape index (κ3) is 3.96. The van der Waals surface area contributed by atoms with Crippen LogP contribution in [0.25, 0.3) is 0 Å². The van der Waals surface area contributed by atoms with Gasteiger partial charge in [0.1, 0.15) is 11.6 Å². The average molecular weight is 309 g/mol. The lowest BCUT2D eigenvalue weighted by Gasteiger charge is -2.10. The topological polar surface area (TPSA) is 85.1 Å². The van der Waals surface area contributed by atoms with E-state index in [0.717, 1.165) is 0 Å². The smallest absolute Gasteiger partial charge is 0.191 e. The highest BCUT2D eigenvalue weighted by atomic mass is 32.2. The normalized spacial score (nSPS) is 10.3. The Bertz CT molecular complexity index is 603. The number of hydrogen-bond acceptors (Lipinski definition) is 7. The van der Waals surface area contributed by atoms with Gasteiger partial charge in [-0.05, 0) is 25.3 Å². The standard InChI is InChI=1S/C13H16FN5OS/c1-3-20-10-5-4-8(6-9(10)14)16-11-7-12(19-15)18-13(17-11)21-2/h4-7H,3,15H2,1-2H3,(H2,16,17,18,19). The van der Waals surface area contributed by atoms with Crippen LogP contribution < -0.4 is 21.3 Å². The second kappa shape index (κ2) is 7.09. The van der Waals surface area contributed by atoms with Crippen molar-refractivity contribution in [1.82, 2.24) is 9.97 Å². The summed E-state index contributed by atoms with van der Waals surface area (Å²) in [6.07, 6.45) is 1.86. The van der Waals surface area contributed by atoms with Crippen molar-refractivity contribution < 1.29 is 9.13 Å². The Morgan fingerprint density at radius 2 is 2.05 bits per heavy atom. The van der Waals surface area contributed by atoms with E-state index in [1.165, 1.54) is 17.8 Å². The van der Waals surface area contributed by atoms with Crippen LogP contribution in [0.1, 0.15) is 6.92 Å². The third-order valence-corrected chi connectivity index (χ3v) is 3.09. The van der Waals surface area contributed by atoms with Crippen molar-refractivity contribution in [2.75, 3.05) is 23.6 Å². The number of aromatic nitrogens is 2. The molecule has 1 aromatic heterocycles. The molecule has 0 amide bonds. The van der Waals surface area contributed by atoms with E-state index in [-0.39, 0.29) is 5.75 Å². The van der Waals surface area contributed by atoms with Gasteiger partial charge in [0.2, 0.25) is 0 Å². The summed E-state index contributed by atoms with van der Waals surface area (Å²) in [5, 5.41) is 3.56. The van der Waals surface area contributed by atoms with Crippen molar-refractivity contribution in [2.24, 2.45) is 5.84 Å².